The van der Waals surface area contributed by atoms with E-state index in [9.17, 15) is 13.2 Å². The van der Waals surface area contributed by atoms with Crippen molar-refractivity contribution in [2.24, 2.45) is 0 Å². The average Bonchev–Trinajstić information content (AvgIpc) is 2.87. The number of fused-ring (bicyclic) bond motifs is 4. The van der Waals surface area contributed by atoms with Crippen molar-refractivity contribution in [3.8, 4) is 17.1 Å². The number of hydrogen-bond acceptors (Lipinski definition) is 6. The fraction of sp³-hybridized carbons (Fsp3) is 0.179. The van der Waals surface area contributed by atoms with Gasteiger partial charge in [-0.15, -0.1) is 0 Å². The molecule has 0 fully saturated rings. The van der Waals surface area contributed by atoms with E-state index in [2.05, 4.69) is 20.0 Å². The van der Waals surface area contributed by atoms with Gasteiger partial charge in [-0.05, 0) is 48.7 Å². The van der Waals surface area contributed by atoms with Gasteiger partial charge >= 0.3 is 0 Å². The molecule has 0 saturated heterocycles. The van der Waals surface area contributed by atoms with Gasteiger partial charge in [-0.25, -0.2) is 18.1 Å². The summed E-state index contributed by atoms with van der Waals surface area (Å²) < 4.78 is 35.2. The number of anilines is 1. The van der Waals surface area contributed by atoms with Crippen molar-refractivity contribution < 1.29 is 17.9 Å². The number of ether oxygens (including phenoxy) is 1. The maximum Gasteiger partial charge on any atom is 0.264 e. The third-order valence-corrected chi connectivity index (χ3v) is 7.48. The lowest BCUT2D eigenvalue weighted by Gasteiger charge is -2.20. The summed E-state index contributed by atoms with van der Waals surface area (Å²) in [6.07, 6.45) is 0.0331. The van der Waals surface area contributed by atoms with E-state index < -0.39 is 22.0 Å². The average molecular weight is 515 g/mol. The topological polar surface area (TPSA) is 110 Å². The monoisotopic (exact) mass is 514 g/mol. The van der Waals surface area contributed by atoms with Crippen LogP contribution in [0.1, 0.15) is 27.0 Å². The van der Waals surface area contributed by atoms with E-state index in [4.69, 9.17) is 4.74 Å². The highest BCUT2D eigenvalue weighted by molar-refractivity contribution is 7.92. The van der Waals surface area contributed by atoms with Crippen molar-refractivity contribution in [3.63, 3.8) is 0 Å². The van der Waals surface area contributed by atoms with Crippen molar-refractivity contribution in [2.45, 2.75) is 31.3 Å². The first-order valence-corrected chi connectivity index (χ1v) is 13.3. The molecule has 2 N–H and O–H groups in total. The summed E-state index contributed by atoms with van der Waals surface area (Å²) >= 11 is 0. The van der Waals surface area contributed by atoms with Gasteiger partial charge in [0.2, 0.25) is 11.8 Å². The maximum absolute atomic E-state index is 13.2. The molecule has 0 saturated carbocycles. The van der Waals surface area contributed by atoms with Crippen LogP contribution < -0.4 is 14.8 Å². The van der Waals surface area contributed by atoms with Crippen LogP contribution in [0, 0.1) is 13.8 Å². The molecule has 8 nitrogen and oxygen atoms in total. The Morgan fingerprint density at radius 1 is 0.919 bits per heavy atom. The van der Waals surface area contributed by atoms with Crippen molar-refractivity contribution in [1.82, 2.24) is 15.3 Å². The van der Waals surface area contributed by atoms with Crippen LogP contribution in [0.25, 0.3) is 11.3 Å². The largest absolute Gasteiger partial charge is 0.472 e. The van der Waals surface area contributed by atoms with E-state index >= 15 is 0 Å². The molecular formula is C28H26N4O4S. The second-order valence-corrected chi connectivity index (χ2v) is 10.6. The van der Waals surface area contributed by atoms with Gasteiger partial charge in [0.05, 0.1) is 17.1 Å². The fourth-order valence-electron chi connectivity index (χ4n) is 4.37. The Labute approximate surface area is 215 Å². The van der Waals surface area contributed by atoms with E-state index in [1.54, 1.807) is 12.1 Å². The second kappa shape index (κ2) is 10.0. The van der Waals surface area contributed by atoms with Gasteiger partial charge < -0.3 is 10.1 Å². The maximum atomic E-state index is 13.2. The molecule has 4 bridgehead atoms. The minimum atomic E-state index is -4.07. The molecule has 2 heterocycles. The number of aryl methyl sites for hydroxylation is 2. The van der Waals surface area contributed by atoms with Crippen LogP contribution in [-0.4, -0.2) is 36.9 Å². The Morgan fingerprint density at radius 2 is 1.65 bits per heavy atom. The molecule has 0 aliphatic carbocycles. The Morgan fingerprint density at radius 3 is 2.41 bits per heavy atom. The summed E-state index contributed by atoms with van der Waals surface area (Å²) in [4.78, 5) is 21.7. The molecule has 0 unspecified atom stereocenters. The third kappa shape index (κ3) is 5.46. The van der Waals surface area contributed by atoms with Gasteiger partial charge in [0.1, 0.15) is 6.10 Å². The predicted molar refractivity (Wildman–Crippen MR) is 141 cm³/mol. The van der Waals surface area contributed by atoms with Gasteiger partial charge in [0, 0.05) is 23.6 Å². The predicted octanol–water partition coefficient (Wildman–Crippen LogP) is 4.29. The molecule has 0 radical (unpaired) electrons. The third-order valence-electron chi connectivity index (χ3n) is 6.16. The van der Waals surface area contributed by atoms with E-state index in [0.29, 0.717) is 12.1 Å². The van der Waals surface area contributed by atoms with Crippen LogP contribution in [0.15, 0.2) is 83.8 Å². The lowest BCUT2D eigenvalue weighted by atomic mass is 10.00. The number of benzene rings is 3. The highest BCUT2D eigenvalue weighted by Crippen LogP contribution is 2.30. The number of sulfonamides is 1. The molecule has 188 valence electrons. The van der Waals surface area contributed by atoms with Gasteiger partial charge in [0.25, 0.3) is 15.9 Å². The molecule has 4 aromatic rings. The van der Waals surface area contributed by atoms with Crippen molar-refractivity contribution in [1.29, 1.82) is 0 Å². The lowest BCUT2D eigenvalue weighted by molar-refractivity contribution is 0.0925. The molecule has 1 aliphatic rings. The number of amides is 1. The van der Waals surface area contributed by atoms with Crippen LogP contribution in [0.2, 0.25) is 0 Å². The lowest BCUT2D eigenvalue weighted by Crippen LogP contribution is -2.37. The normalized spacial score (nSPS) is 16.7. The Hall–Kier alpha value is -4.24. The molecule has 1 amide bonds. The Bertz CT molecular complexity index is 1550. The summed E-state index contributed by atoms with van der Waals surface area (Å²) in [7, 11) is -4.07. The van der Waals surface area contributed by atoms with Crippen LogP contribution in [0.3, 0.4) is 0 Å². The molecule has 1 aliphatic heterocycles. The van der Waals surface area contributed by atoms with E-state index in [1.807, 2.05) is 62.4 Å². The van der Waals surface area contributed by atoms with Gasteiger partial charge in [0.15, 0.2) is 0 Å². The van der Waals surface area contributed by atoms with E-state index in [0.717, 1.165) is 22.3 Å². The number of nitrogens with zero attached hydrogens (tertiary/aromatic N) is 2. The second-order valence-electron chi connectivity index (χ2n) is 8.95. The molecule has 3 aromatic carbocycles. The minimum absolute atomic E-state index is 0.0659. The summed E-state index contributed by atoms with van der Waals surface area (Å²) in [6.45, 7) is 4.13. The van der Waals surface area contributed by atoms with Gasteiger partial charge in [-0.1, -0.05) is 54.6 Å². The Balaban J connectivity index is 1.64. The fourth-order valence-corrected chi connectivity index (χ4v) is 5.36. The molecule has 1 aromatic heterocycles. The number of aromatic nitrogens is 2. The Kier molecular flexibility index (Phi) is 6.62. The molecule has 0 spiro atoms. The zero-order chi connectivity index (χ0) is 26.0. The summed E-state index contributed by atoms with van der Waals surface area (Å²) in [5.74, 6) is -0.309. The first-order chi connectivity index (χ1) is 17.8. The van der Waals surface area contributed by atoms with Crippen LogP contribution in [-0.2, 0) is 16.4 Å². The summed E-state index contributed by atoms with van der Waals surface area (Å²) in [5, 5.41) is 2.88. The minimum Gasteiger partial charge on any atom is -0.472 e. The van der Waals surface area contributed by atoms with Gasteiger partial charge in [-0.2, -0.15) is 4.98 Å². The van der Waals surface area contributed by atoms with E-state index in [1.165, 1.54) is 18.2 Å². The SMILES string of the molecule is Cc1cccc(C)c1-c1cc2nc(n1)NS(=O)(=O)c1cccc(c1)C(=O)NC[C@H](Cc1ccccc1)O2. The highest BCUT2D eigenvalue weighted by Gasteiger charge is 2.23. The molecular weight excluding hydrogens is 488 g/mol. The number of rotatable bonds is 3. The molecule has 9 heteroatoms. The summed E-state index contributed by atoms with van der Waals surface area (Å²) in [5.41, 5.74) is 4.62. The number of nitrogens with one attached hydrogen (secondary N) is 2. The van der Waals surface area contributed by atoms with E-state index in [-0.39, 0.29) is 28.8 Å². The summed E-state index contributed by atoms with van der Waals surface area (Å²) in [6, 6.07) is 23.2. The first-order valence-electron chi connectivity index (χ1n) is 11.9. The van der Waals surface area contributed by atoms with Crippen molar-refractivity contribution in [3.05, 3.63) is 101 Å². The van der Waals surface area contributed by atoms with Crippen LogP contribution >= 0.6 is 0 Å². The zero-order valence-corrected chi connectivity index (χ0v) is 21.2. The number of hydrogen-bond donors (Lipinski definition) is 2. The van der Waals surface area contributed by atoms with Gasteiger partial charge in [-0.3, -0.25) is 4.79 Å². The number of carbonyl (C=O) groups excluding carboxylic acids is 1. The smallest absolute Gasteiger partial charge is 0.264 e. The standard InChI is InChI=1S/C28H26N4O4S/c1-18-8-6-9-19(2)26(18)24-16-25-31-28(30-24)32-37(34,35)23-13-7-12-21(15-23)27(33)29-17-22(36-25)14-20-10-4-3-5-11-20/h3-13,15-16,22H,14,17H2,1-2H3,(H,29,33)(H,30,31,32)/t22-/m0/s1. The number of carbonyl (C=O) groups is 1. The van der Waals surface area contributed by atoms with Crippen LogP contribution in [0.5, 0.6) is 5.88 Å². The first kappa shape index (κ1) is 24.5. The van der Waals surface area contributed by atoms with Crippen molar-refractivity contribution >= 4 is 21.9 Å². The molecule has 5 rings (SSSR count). The molecule has 1 atom stereocenters. The zero-order valence-electron chi connectivity index (χ0n) is 20.4. The van der Waals surface area contributed by atoms with Crippen LogP contribution in [0.4, 0.5) is 5.95 Å². The molecule has 37 heavy (non-hydrogen) atoms. The quantitative estimate of drug-likeness (QED) is 0.422. The van der Waals surface area contributed by atoms with Crippen molar-refractivity contribution in [2.75, 3.05) is 11.3 Å². The highest BCUT2D eigenvalue weighted by atomic mass is 32.2.